The third kappa shape index (κ3) is 6.46. The Bertz CT molecular complexity index is 1110. The van der Waals surface area contributed by atoms with Gasteiger partial charge in [0.2, 0.25) is 11.9 Å². The van der Waals surface area contributed by atoms with Crippen LogP contribution in [0, 0.1) is 29.1 Å². The van der Waals surface area contributed by atoms with Gasteiger partial charge in [0.25, 0.3) is 0 Å². The zero-order valence-corrected chi connectivity index (χ0v) is 19.7. The van der Waals surface area contributed by atoms with E-state index in [2.05, 4.69) is 49.1 Å². The van der Waals surface area contributed by atoms with Gasteiger partial charge >= 0.3 is 0 Å². The average molecular weight is 458 g/mol. The standard InChI is InChI=1S/C26H31N7O/c1-17(28-2)25(34)31-23-5-3-4-18(14-23)6-9-20-16-29-26(33-24(20)30-21-12-13-21)32-22-10-7-19(15-27)8-11-22/h7-8,10-11,16-18,21,23,28H,3-5,12-14H2,1-2H3,(H,31,34)(H2,29,30,32,33)/t17-,18?,23-/m0/s1. The van der Waals surface area contributed by atoms with E-state index in [1.807, 2.05) is 19.1 Å². The van der Waals surface area contributed by atoms with Gasteiger partial charge in [0, 0.05) is 23.7 Å². The number of nitrogens with one attached hydrogen (secondary N) is 4. The van der Waals surface area contributed by atoms with Crippen LogP contribution in [-0.2, 0) is 4.79 Å². The number of nitriles is 1. The summed E-state index contributed by atoms with van der Waals surface area (Å²) in [6.07, 6.45) is 7.95. The van der Waals surface area contributed by atoms with E-state index in [0.717, 1.165) is 55.6 Å². The Labute approximate surface area is 201 Å². The van der Waals surface area contributed by atoms with Gasteiger partial charge in [-0.15, -0.1) is 0 Å². The Morgan fingerprint density at radius 2 is 1.94 bits per heavy atom. The number of hydrogen-bond acceptors (Lipinski definition) is 7. The number of benzene rings is 1. The van der Waals surface area contributed by atoms with Crippen molar-refractivity contribution in [1.29, 1.82) is 5.26 Å². The largest absolute Gasteiger partial charge is 0.366 e. The van der Waals surface area contributed by atoms with Crippen molar-refractivity contribution < 1.29 is 4.79 Å². The second kappa shape index (κ2) is 11.0. The molecule has 34 heavy (non-hydrogen) atoms. The molecule has 0 aliphatic heterocycles. The molecule has 1 unspecified atom stereocenters. The Morgan fingerprint density at radius 3 is 2.65 bits per heavy atom. The molecular weight excluding hydrogens is 426 g/mol. The van der Waals surface area contributed by atoms with E-state index in [4.69, 9.17) is 5.26 Å². The summed E-state index contributed by atoms with van der Waals surface area (Å²) in [7, 11) is 1.79. The smallest absolute Gasteiger partial charge is 0.237 e. The van der Waals surface area contributed by atoms with Crippen LogP contribution < -0.4 is 21.3 Å². The molecule has 1 heterocycles. The van der Waals surface area contributed by atoms with E-state index in [9.17, 15) is 4.79 Å². The quantitative estimate of drug-likeness (QED) is 0.472. The maximum absolute atomic E-state index is 12.2. The fraction of sp³-hybridized carbons (Fsp3) is 0.462. The van der Waals surface area contributed by atoms with Crippen LogP contribution >= 0.6 is 0 Å². The number of amides is 1. The predicted molar refractivity (Wildman–Crippen MR) is 132 cm³/mol. The summed E-state index contributed by atoms with van der Waals surface area (Å²) in [5, 5.41) is 21.8. The summed E-state index contributed by atoms with van der Waals surface area (Å²) in [5.74, 6) is 8.21. The zero-order valence-electron chi connectivity index (χ0n) is 19.7. The van der Waals surface area contributed by atoms with Crippen molar-refractivity contribution in [2.75, 3.05) is 17.7 Å². The molecule has 8 heteroatoms. The molecule has 0 spiro atoms. The van der Waals surface area contributed by atoms with Crippen molar-refractivity contribution >= 4 is 23.4 Å². The third-order valence-corrected chi connectivity index (χ3v) is 6.23. The van der Waals surface area contributed by atoms with Gasteiger partial charge in [0.15, 0.2) is 0 Å². The first-order valence-corrected chi connectivity index (χ1v) is 11.9. The maximum Gasteiger partial charge on any atom is 0.237 e. The molecule has 3 atom stereocenters. The number of hydrogen-bond donors (Lipinski definition) is 4. The highest BCUT2D eigenvalue weighted by molar-refractivity contribution is 5.81. The molecule has 0 bridgehead atoms. The molecule has 4 rings (SSSR count). The first-order valence-electron chi connectivity index (χ1n) is 11.9. The Kier molecular flexibility index (Phi) is 7.61. The van der Waals surface area contributed by atoms with Crippen LogP contribution in [-0.4, -0.2) is 41.0 Å². The van der Waals surface area contributed by atoms with Crippen LogP contribution in [0.4, 0.5) is 17.5 Å². The second-order valence-electron chi connectivity index (χ2n) is 9.04. The predicted octanol–water partition coefficient (Wildman–Crippen LogP) is 3.30. The number of anilines is 3. The van der Waals surface area contributed by atoms with Gasteiger partial charge in [0.1, 0.15) is 5.82 Å². The van der Waals surface area contributed by atoms with Gasteiger partial charge in [-0.2, -0.15) is 10.2 Å². The molecule has 2 aliphatic carbocycles. The first-order chi connectivity index (χ1) is 16.5. The van der Waals surface area contributed by atoms with E-state index in [1.54, 1.807) is 25.4 Å². The molecule has 1 amide bonds. The highest BCUT2D eigenvalue weighted by Gasteiger charge is 2.25. The van der Waals surface area contributed by atoms with Crippen LogP contribution in [0.2, 0.25) is 0 Å². The highest BCUT2D eigenvalue weighted by atomic mass is 16.2. The van der Waals surface area contributed by atoms with E-state index >= 15 is 0 Å². The van der Waals surface area contributed by atoms with Crippen molar-refractivity contribution in [2.24, 2.45) is 5.92 Å². The fourth-order valence-electron chi connectivity index (χ4n) is 3.91. The highest BCUT2D eigenvalue weighted by Crippen LogP contribution is 2.27. The summed E-state index contributed by atoms with van der Waals surface area (Å²) in [6, 6.07) is 9.69. The number of nitrogens with zero attached hydrogens (tertiary/aromatic N) is 3. The van der Waals surface area contributed by atoms with Crippen LogP contribution in [0.15, 0.2) is 30.5 Å². The Morgan fingerprint density at radius 1 is 1.15 bits per heavy atom. The molecule has 1 aromatic heterocycles. The number of likely N-dealkylation sites (N-methyl/N-ethyl adjacent to an activating group) is 1. The number of aromatic nitrogens is 2. The van der Waals surface area contributed by atoms with E-state index in [0.29, 0.717) is 17.6 Å². The SMILES string of the molecule is CN[C@@H](C)C(=O)N[C@H]1CCCC(C#Cc2cnc(Nc3ccc(C#N)cc3)nc2NC2CC2)C1. The van der Waals surface area contributed by atoms with Crippen LogP contribution in [0.1, 0.15) is 56.6 Å². The van der Waals surface area contributed by atoms with Crippen molar-refractivity contribution in [3.8, 4) is 17.9 Å². The summed E-state index contributed by atoms with van der Waals surface area (Å²) >= 11 is 0. The molecule has 2 aliphatic rings. The average Bonchev–Trinajstić information content (AvgIpc) is 3.68. The van der Waals surface area contributed by atoms with Crippen molar-refractivity contribution in [2.45, 2.75) is 63.6 Å². The molecule has 1 aromatic carbocycles. The lowest BCUT2D eigenvalue weighted by atomic mass is 9.86. The van der Waals surface area contributed by atoms with Gasteiger partial charge in [-0.25, -0.2) is 4.98 Å². The lowest BCUT2D eigenvalue weighted by Gasteiger charge is -2.28. The second-order valence-corrected chi connectivity index (χ2v) is 9.04. The number of carbonyl (C=O) groups is 1. The minimum absolute atomic E-state index is 0.0378. The topological polar surface area (TPSA) is 115 Å². The first kappa shape index (κ1) is 23.5. The van der Waals surface area contributed by atoms with Gasteiger partial charge in [-0.3, -0.25) is 4.79 Å². The van der Waals surface area contributed by atoms with Crippen LogP contribution in [0.25, 0.3) is 0 Å². The van der Waals surface area contributed by atoms with E-state index in [1.165, 1.54) is 0 Å². The molecule has 2 fully saturated rings. The Balaban J connectivity index is 1.45. The summed E-state index contributed by atoms with van der Waals surface area (Å²) in [5.41, 5.74) is 2.21. The molecular formula is C26H31N7O. The van der Waals surface area contributed by atoms with Crippen molar-refractivity contribution in [1.82, 2.24) is 20.6 Å². The Hall–Kier alpha value is -3.62. The minimum Gasteiger partial charge on any atom is -0.366 e. The lowest BCUT2D eigenvalue weighted by Crippen LogP contribution is -2.46. The van der Waals surface area contributed by atoms with Crippen LogP contribution in [0.5, 0.6) is 0 Å². The van der Waals surface area contributed by atoms with E-state index in [-0.39, 0.29) is 23.9 Å². The van der Waals surface area contributed by atoms with Gasteiger partial charge in [-0.1, -0.05) is 18.3 Å². The molecule has 4 N–H and O–H groups in total. The van der Waals surface area contributed by atoms with Gasteiger partial charge in [-0.05, 0) is 70.3 Å². The maximum atomic E-state index is 12.2. The van der Waals surface area contributed by atoms with Crippen molar-refractivity contribution in [3.63, 3.8) is 0 Å². The number of carbonyl (C=O) groups excluding carboxylic acids is 1. The molecule has 0 saturated heterocycles. The fourth-order valence-corrected chi connectivity index (χ4v) is 3.91. The normalized spacial score (nSPS) is 20.3. The van der Waals surface area contributed by atoms with Gasteiger partial charge < -0.3 is 21.3 Å². The third-order valence-electron chi connectivity index (χ3n) is 6.23. The minimum atomic E-state index is -0.198. The molecule has 8 nitrogen and oxygen atoms in total. The van der Waals surface area contributed by atoms with Crippen molar-refractivity contribution in [3.05, 3.63) is 41.6 Å². The summed E-state index contributed by atoms with van der Waals surface area (Å²) in [4.78, 5) is 21.4. The summed E-state index contributed by atoms with van der Waals surface area (Å²) in [6.45, 7) is 1.86. The zero-order chi connectivity index (χ0) is 23.9. The van der Waals surface area contributed by atoms with Gasteiger partial charge in [0.05, 0.1) is 29.4 Å². The molecule has 0 radical (unpaired) electrons. The monoisotopic (exact) mass is 457 g/mol. The molecule has 2 saturated carbocycles. The molecule has 2 aromatic rings. The lowest BCUT2D eigenvalue weighted by molar-refractivity contribution is -0.123. The summed E-state index contributed by atoms with van der Waals surface area (Å²) < 4.78 is 0. The van der Waals surface area contributed by atoms with E-state index < -0.39 is 0 Å². The van der Waals surface area contributed by atoms with Crippen LogP contribution in [0.3, 0.4) is 0 Å². The molecule has 176 valence electrons. The number of rotatable bonds is 7.